The molecule has 1 heterocycles. The average molecular weight is 266 g/mol. The summed E-state index contributed by atoms with van der Waals surface area (Å²) >= 11 is 0. The van der Waals surface area contributed by atoms with Gasteiger partial charge in [0.05, 0.1) is 12.0 Å². The first-order valence-electron chi connectivity index (χ1n) is 6.83. The average Bonchev–Trinajstić information content (AvgIpc) is 2.83. The van der Waals surface area contributed by atoms with Gasteiger partial charge in [0.1, 0.15) is 0 Å². The number of carbonyl (C=O) groups is 1. The van der Waals surface area contributed by atoms with Gasteiger partial charge in [0.2, 0.25) is 11.8 Å². The number of carbonyl (C=O) groups excluding carboxylic acids is 1. The van der Waals surface area contributed by atoms with E-state index in [9.17, 15) is 4.79 Å². The van der Waals surface area contributed by atoms with Gasteiger partial charge in [0.25, 0.3) is 0 Å². The lowest BCUT2D eigenvalue weighted by atomic mass is 9.70. The number of rotatable bonds is 4. The molecular formula is C13H22N4O2. The minimum absolute atomic E-state index is 0.0118. The molecule has 1 aliphatic rings. The predicted octanol–water partition coefficient (Wildman–Crippen LogP) is 1.15. The summed E-state index contributed by atoms with van der Waals surface area (Å²) in [5, 5.41) is 6.57. The number of aryl methyl sites for hydroxylation is 1. The second kappa shape index (κ2) is 5.69. The highest BCUT2D eigenvalue weighted by molar-refractivity contribution is 5.82. The summed E-state index contributed by atoms with van der Waals surface area (Å²) in [6.45, 7) is 4.64. The largest absolute Gasteiger partial charge is 0.346 e. The Labute approximate surface area is 113 Å². The van der Waals surface area contributed by atoms with Crippen molar-refractivity contribution in [2.24, 2.45) is 17.1 Å². The fourth-order valence-corrected chi connectivity index (χ4v) is 2.59. The minimum atomic E-state index is -0.415. The molecular weight excluding hydrogens is 244 g/mol. The van der Waals surface area contributed by atoms with Crippen molar-refractivity contribution in [2.75, 3.05) is 6.54 Å². The molecule has 6 nitrogen and oxygen atoms in total. The van der Waals surface area contributed by atoms with Gasteiger partial charge in [0.15, 0.2) is 5.82 Å². The van der Waals surface area contributed by atoms with E-state index < -0.39 is 5.41 Å². The van der Waals surface area contributed by atoms with Crippen molar-refractivity contribution < 1.29 is 9.32 Å². The molecule has 0 unspecified atom stereocenters. The Morgan fingerprint density at radius 3 is 2.74 bits per heavy atom. The van der Waals surface area contributed by atoms with Crippen molar-refractivity contribution in [2.45, 2.75) is 46.1 Å². The first kappa shape index (κ1) is 14.0. The maximum atomic E-state index is 12.4. The summed E-state index contributed by atoms with van der Waals surface area (Å²) in [6, 6.07) is 0. The number of aromatic nitrogens is 2. The summed E-state index contributed by atoms with van der Waals surface area (Å²) in [5.74, 6) is 1.70. The molecule has 6 heteroatoms. The monoisotopic (exact) mass is 266 g/mol. The molecule has 0 spiro atoms. The Bertz CT molecular complexity index is 436. The summed E-state index contributed by atoms with van der Waals surface area (Å²) < 4.78 is 4.98. The van der Waals surface area contributed by atoms with Crippen molar-refractivity contribution >= 4 is 5.91 Å². The second-order valence-electron chi connectivity index (χ2n) is 5.58. The Morgan fingerprint density at radius 1 is 1.53 bits per heavy atom. The van der Waals surface area contributed by atoms with Crippen LogP contribution < -0.4 is 11.1 Å². The fourth-order valence-electron chi connectivity index (χ4n) is 2.59. The lowest BCUT2D eigenvalue weighted by Gasteiger charge is -2.36. The van der Waals surface area contributed by atoms with Crippen LogP contribution in [0.2, 0.25) is 0 Å². The number of nitrogens with two attached hydrogens (primary N) is 1. The molecule has 0 bridgehead atoms. The third kappa shape index (κ3) is 3.12. The van der Waals surface area contributed by atoms with Gasteiger partial charge in [-0.15, -0.1) is 0 Å². The molecule has 3 N–H and O–H groups in total. The topological polar surface area (TPSA) is 94.0 Å². The highest BCUT2D eigenvalue weighted by atomic mass is 16.5. The maximum Gasteiger partial charge on any atom is 0.246 e. The van der Waals surface area contributed by atoms with Crippen LogP contribution >= 0.6 is 0 Å². The Kier molecular flexibility index (Phi) is 4.19. The molecule has 1 amide bonds. The number of amides is 1. The molecule has 0 saturated heterocycles. The van der Waals surface area contributed by atoms with Crippen LogP contribution in [0.25, 0.3) is 0 Å². The Hall–Kier alpha value is -1.43. The van der Waals surface area contributed by atoms with Crippen LogP contribution in [0.3, 0.4) is 0 Å². The van der Waals surface area contributed by atoms with Gasteiger partial charge in [-0.2, -0.15) is 4.98 Å². The Balaban J connectivity index is 1.93. The molecule has 106 valence electrons. The molecule has 0 atom stereocenters. The normalized spacial score (nSPS) is 27.2. The number of hydrogen-bond donors (Lipinski definition) is 2. The molecule has 2 rings (SSSR count). The zero-order valence-corrected chi connectivity index (χ0v) is 11.6. The smallest absolute Gasteiger partial charge is 0.246 e. The minimum Gasteiger partial charge on any atom is -0.346 e. The fraction of sp³-hybridized carbons (Fsp3) is 0.769. The van der Waals surface area contributed by atoms with E-state index in [0.29, 0.717) is 24.2 Å². The van der Waals surface area contributed by atoms with E-state index in [-0.39, 0.29) is 12.5 Å². The second-order valence-corrected chi connectivity index (χ2v) is 5.58. The first-order chi connectivity index (χ1) is 9.05. The molecule has 1 aliphatic carbocycles. The van der Waals surface area contributed by atoms with Crippen LogP contribution in [0.15, 0.2) is 4.52 Å². The van der Waals surface area contributed by atoms with E-state index in [1.54, 1.807) is 6.92 Å². The van der Waals surface area contributed by atoms with Gasteiger partial charge < -0.3 is 15.6 Å². The summed E-state index contributed by atoms with van der Waals surface area (Å²) in [5.41, 5.74) is 5.43. The van der Waals surface area contributed by atoms with Gasteiger partial charge >= 0.3 is 0 Å². The molecule has 19 heavy (non-hydrogen) atoms. The van der Waals surface area contributed by atoms with Crippen molar-refractivity contribution in [1.29, 1.82) is 0 Å². The van der Waals surface area contributed by atoms with E-state index in [2.05, 4.69) is 22.4 Å². The number of hydrogen-bond acceptors (Lipinski definition) is 5. The van der Waals surface area contributed by atoms with Crippen LogP contribution in [0.1, 0.15) is 44.3 Å². The van der Waals surface area contributed by atoms with Crippen molar-refractivity contribution in [1.82, 2.24) is 15.5 Å². The standard InChI is InChI=1S/C13H22N4O2/c1-9-3-5-13(8-14,6-4-9)12(18)15-7-11-16-10(2)17-19-11/h9H,3-8,14H2,1-2H3,(H,15,18). The first-order valence-corrected chi connectivity index (χ1v) is 6.83. The van der Waals surface area contributed by atoms with E-state index in [1.165, 1.54) is 0 Å². The van der Waals surface area contributed by atoms with E-state index in [0.717, 1.165) is 25.7 Å². The predicted molar refractivity (Wildman–Crippen MR) is 70.0 cm³/mol. The number of nitrogens with zero attached hydrogens (tertiary/aromatic N) is 2. The van der Waals surface area contributed by atoms with Crippen LogP contribution in [-0.4, -0.2) is 22.6 Å². The summed E-state index contributed by atoms with van der Waals surface area (Å²) in [7, 11) is 0. The summed E-state index contributed by atoms with van der Waals surface area (Å²) in [4.78, 5) is 16.4. The highest BCUT2D eigenvalue weighted by Crippen LogP contribution is 2.38. The molecule has 0 aromatic carbocycles. The van der Waals surface area contributed by atoms with Crippen molar-refractivity contribution in [3.63, 3.8) is 0 Å². The molecule has 1 saturated carbocycles. The van der Waals surface area contributed by atoms with E-state index in [1.807, 2.05) is 0 Å². The van der Waals surface area contributed by atoms with Gasteiger partial charge in [0, 0.05) is 6.54 Å². The Morgan fingerprint density at radius 2 is 2.21 bits per heavy atom. The van der Waals surface area contributed by atoms with E-state index >= 15 is 0 Å². The van der Waals surface area contributed by atoms with Gasteiger partial charge in [-0.25, -0.2) is 0 Å². The lowest BCUT2D eigenvalue weighted by molar-refractivity contribution is -0.133. The summed E-state index contributed by atoms with van der Waals surface area (Å²) in [6.07, 6.45) is 3.84. The molecule has 0 radical (unpaired) electrons. The quantitative estimate of drug-likeness (QED) is 0.852. The molecule has 1 fully saturated rings. The lowest BCUT2D eigenvalue weighted by Crippen LogP contribution is -2.47. The SMILES string of the molecule is Cc1noc(CNC(=O)C2(CN)CCC(C)CC2)n1. The van der Waals surface area contributed by atoms with Crippen molar-refractivity contribution in [3.05, 3.63) is 11.7 Å². The highest BCUT2D eigenvalue weighted by Gasteiger charge is 2.39. The van der Waals surface area contributed by atoms with Crippen LogP contribution in [0, 0.1) is 18.3 Å². The maximum absolute atomic E-state index is 12.4. The molecule has 1 aromatic heterocycles. The zero-order chi connectivity index (χ0) is 13.9. The van der Waals surface area contributed by atoms with Gasteiger partial charge in [-0.3, -0.25) is 4.79 Å². The molecule has 0 aliphatic heterocycles. The van der Waals surface area contributed by atoms with E-state index in [4.69, 9.17) is 10.3 Å². The van der Waals surface area contributed by atoms with Gasteiger partial charge in [-0.05, 0) is 38.5 Å². The third-order valence-electron chi connectivity index (χ3n) is 4.07. The third-order valence-corrected chi connectivity index (χ3v) is 4.07. The number of nitrogens with one attached hydrogen (secondary N) is 1. The van der Waals surface area contributed by atoms with Crippen LogP contribution in [0.4, 0.5) is 0 Å². The van der Waals surface area contributed by atoms with Gasteiger partial charge in [-0.1, -0.05) is 12.1 Å². The zero-order valence-electron chi connectivity index (χ0n) is 11.6. The van der Waals surface area contributed by atoms with Crippen molar-refractivity contribution in [3.8, 4) is 0 Å². The molecule has 1 aromatic rings. The van der Waals surface area contributed by atoms with Crippen LogP contribution in [0.5, 0.6) is 0 Å². The van der Waals surface area contributed by atoms with Crippen LogP contribution in [-0.2, 0) is 11.3 Å².